The molecule has 1 heterocycles. The van der Waals surface area contributed by atoms with Gasteiger partial charge in [-0.3, -0.25) is 10.1 Å². The molecule has 0 unspecified atom stereocenters. The molecular weight excluding hydrogens is 276 g/mol. The molecule has 0 atom stereocenters. The molecule has 0 spiro atoms. The fraction of sp³-hybridized carbons (Fsp3) is 0.0667. The zero-order valence-electron chi connectivity index (χ0n) is 10.5. The van der Waals surface area contributed by atoms with Gasteiger partial charge >= 0.3 is 0 Å². The largest absolute Gasteiger partial charge is 0.358 e. The number of hydrogen-bond donors (Lipinski definition) is 1. The van der Waals surface area contributed by atoms with Gasteiger partial charge in [0, 0.05) is 40.2 Å². The quantitative estimate of drug-likeness (QED) is 0.576. The Hall–Kier alpha value is -2.33. The van der Waals surface area contributed by atoms with E-state index in [4.69, 9.17) is 11.6 Å². The van der Waals surface area contributed by atoms with Gasteiger partial charge in [0.1, 0.15) is 0 Å². The number of nitro benzene ring substituents is 1. The Balaban J connectivity index is 1.92. The minimum Gasteiger partial charge on any atom is -0.358 e. The van der Waals surface area contributed by atoms with Crippen LogP contribution in [0, 0.1) is 10.1 Å². The average molecular weight is 287 g/mol. The molecule has 0 aliphatic heterocycles. The molecule has 100 valence electrons. The lowest BCUT2D eigenvalue weighted by atomic mass is 10.1. The Morgan fingerprint density at radius 2 is 1.85 bits per heavy atom. The van der Waals surface area contributed by atoms with Gasteiger partial charge in [0.25, 0.3) is 5.69 Å². The number of halogens is 1. The molecule has 1 aromatic heterocycles. The molecule has 0 aliphatic rings. The first-order chi connectivity index (χ1) is 9.61. The van der Waals surface area contributed by atoms with Crippen LogP contribution in [-0.2, 0) is 6.42 Å². The van der Waals surface area contributed by atoms with Crippen LogP contribution in [0.25, 0.3) is 10.9 Å². The van der Waals surface area contributed by atoms with E-state index < -0.39 is 0 Å². The third-order valence-electron chi connectivity index (χ3n) is 3.18. The van der Waals surface area contributed by atoms with E-state index in [9.17, 15) is 10.1 Å². The number of non-ortho nitro benzene ring substituents is 1. The molecule has 2 aromatic carbocycles. The lowest BCUT2D eigenvalue weighted by Gasteiger charge is -1.98. The first kappa shape index (κ1) is 12.7. The van der Waals surface area contributed by atoms with Crippen LogP contribution >= 0.6 is 11.6 Å². The second-order valence-electron chi connectivity index (χ2n) is 4.63. The van der Waals surface area contributed by atoms with Gasteiger partial charge in [0.05, 0.1) is 4.92 Å². The standard InChI is InChI=1S/C15H11ClN2O2/c16-12-3-1-10(2-4-12)7-13-8-11-9-14(18(19)20)5-6-15(11)17-13/h1-6,8-9,17H,7H2. The Morgan fingerprint density at radius 1 is 1.10 bits per heavy atom. The number of H-pyrrole nitrogens is 1. The van der Waals surface area contributed by atoms with Gasteiger partial charge in [0.15, 0.2) is 0 Å². The highest BCUT2D eigenvalue weighted by molar-refractivity contribution is 6.30. The van der Waals surface area contributed by atoms with Crippen LogP contribution in [0.3, 0.4) is 0 Å². The molecule has 0 amide bonds. The van der Waals surface area contributed by atoms with E-state index in [0.29, 0.717) is 5.02 Å². The molecule has 0 radical (unpaired) electrons. The van der Waals surface area contributed by atoms with Crippen molar-refractivity contribution < 1.29 is 4.92 Å². The van der Waals surface area contributed by atoms with Gasteiger partial charge in [0.2, 0.25) is 0 Å². The van der Waals surface area contributed by atoms with Crippen LogP contribution in [0.2, 0.25) is 5.02 Å². The summed E-state index contributed by atoms with van der Waals surface area (Å²) in [6.45, 7) is 0. The Bertz CT molecular complexity index is 778. The molecule has 4 nitrogen and oxygen atoms in total. The van der Waals surface area contributed by atoms with E-state index in [2.05, 4.69) is 4.98 Å². The van der Waals surface area contributed by atoms with Gasteiger partial charge in [-0.1, -0.05) is 23.7 Å². The van der Waals surface area contributed by atoms with Crippen molar-refractivity contribution in [1.82, 2.24) is 4.98 Å². The maximum atomic E-state index is 10.8. The van der Waals surface area contributed by atoms with Gasteiger partial charge in [-0.2, -0.15) is 0 Å². The summed E-state index contributed by atoms with van der Waals surface area (Å²) >= 11 is 5.85. The Morgan fingerprint density at radius 3 is 2.55 bits per heavy atom. The first-order valence-corrected chi connectivity index (χ1v) is 6.50. The van der Waals surface area contributed by atoms with Crippen molar-refractivity contribution in [3.8, 4) is 0 Å². The van der Waals surface area contributed by atoms with E-state index >= 15 is 0 Å². The van der Waals surface area contributed by atoms with Gasteiger partial charge in [-0.25, -0.2) is 0 Å². The number of hydrogen-bond acceptors (Lipinski definition) is 2. The summed E-state index contributed by atoms with van der Waals surface area (Å²) in [6, 6.07) is 14.4. The maximum Gasteiger partial charge on any atom is 0.270 e. The molecule has 3 aromatic rings. The maximum absolute atomic E-state index is 10.8. The van der Waals surface area contributed by atoms with E-state index in [1.165, 1.54) is 6.07 Å². The van der Waals surface area contributed by atoms with Crippen LogP contribution in [-0.4, -0.2) is 9.91 Å². The minimum atomic E-state index is -0.384. The van der Waals surface area contributed by atoms with Crippen molar-refractivity contribution in [2.45, 2.75) is 6.42 Å². The highest BCUT2D eigenvalue weighted by Gasteiger charge is 2.08. The summed E-state index contributed by atoms with van der Waals surface area (Å²) in [7, 11) is 0. The minimum absolute atomic E-state index is 0.106. The first-order valence-electron chi connectivity index (χ1n) is 6.12. The zero-order valence-corrected chi connectivity index (χ0v) is 11.2. The van der Waals surface area contributed by atoms with Crippen molar-refractivity contribution in [3.05, 3.63) is 74.9 Å². The summed E-state index contributed by atoms with van der Waals surface area (Å²) in [4.78, 5) is 13.6. The predicted molar refractivity (Wildman–Crippen MR) is 79.2 cm³/mol. The molecule has 1 N–H and O–H groups in total. The van der Waals surface area contributed by atoms with Gasteiger partial charge in [-0.15, -0.1) is 0 Å². The number of nitrogens with one attached hydrogen (secondary N) is 1. The summed E-state index contributed by atoms with van der Waals surface area (Å²) in [6.07, 6.45) is 0.736. The fourth-order valence-electron chi connectivity index (χ4n) is 2.21. The van der Waals surface area contributed by atoms with Crippen LogP contribution in [0.4, 0.5) is 5.69 Å². The van der Waals surface area contributed by atoms with E-state index in [1.54, 1.807) is 12.1 Å². The number of nitrogens with zero attached hydrogens (tertiary/aromatic N) is 1. The van der Waals surface area contributed by atoms with Crippen LogP contribution in [0.1, 0.15) is 11.3 Å². The van der Waals surface area contributed by atoms with Crippen molar-refractivity contribution in [2.75, 3.05) is 0 Å². The Labute approximate surface area is 120 Å². The molecular formula is C15H11ClN2O2. The predicted octanol–water partition coefficient (Wildman–Crippen LogP) is 4.32. The molecule has 5 heteroatoms. The number of aromatic nitrogens is 1. The summed E-state index contributed by atoms with van der Waals surface area (Å²) in [5.74, 6) is 0. The lowest BCUT2D eigenvalue weighted by molar-refractivity contribution is -0.384. The molecule has 0 saturated carbocycles. The van der Waals surface area contributed by atoms with Crippen LogP contribution in [0.15, 0.2) is 48.5 Å². The molecule has 3 rings (SSSR count). The highest BCUT2D eigenvalue weighted by atomic mass is 35.5. The number of aromatic amines is 1. The fourth-order valence-corrected chi connectivity index (χ4v) is 2.34. The number of fused-ring (bicyclic) bond motifs is 1. The third kappa shape index (κ3) is 2.51. The van der Waals surface area contributed by atoms with Crippen molar-refractivity contribution in [2.24, 2.45) is 0 Å². The van der Waals surface area contributed by atoms with E-state index in [-0.39, 0.29) is 10.6 Å². The molecule has 0 fully saturated rings. The highest BCUT2D eigenvalue weighted by Crippen LogP contribution is 2.23. The molecule has 0 bridgehead atoms. The van der Waals surface area contributed by atoms with Crippen molar-refractivity contribution in [3.63, 3.8) is 0 Å². The topological polar surface area (TPSA) is 58.9 Å². The summed E-state index contributed by atoms with van der Waals surface area (Å²) in [5, 5.41) is 12.3. The molecule has 20 heavy (non-hydrogen) atoms. The van der Waals surface area contributed by atoms with Crippen molar-refractivity contribution in [1.29, 1.82) is 0 Å². The molecule has 0 saturated heterocycles. The second kappa shape index (κ2) is 4.98. The van der Waals surface area contributed by atoms with E-state index in [0.717, 1.165) is 28.6 Å². The van der Waals surface area contributed by atoms with Crippen LogP contribution < -0.4 is 0 Å². The monoisotopic (exact) mass is 286 g/mol. The van der Waals surface area contributed by atoms with E-state index in [1.807, 2.05) is 30.3 Å². The lowest BCUT2D eigenvalue weighted by Crippen LogP contribution is -1.87. The molecule has 0 aliphatic carbocycles. The normalized spacial score (nSPS) is 10.8. The number of benzene rings is 2. The zero-order chi connectivity index (χ0) is 14.1. The Kier molecular flexibility index (Phi) is 3.16. The second-order valence-corrected chi connectivity index (χ2v) is 5.06. The van der Waals surface area contributed by atoms with Gasteiger partial charge < -0.3 is 4.98 Å². The third-order valence-corrected chi connectivity index (χ3v) is 3.43. The summed E-state index contributed by atoms with van der Waals surface area (Å²) in [5.41, 5.74) is 3.16. The summed E-state index contributed by atoms with van der Waals surface area (Å²) < 4.78 is 0. The SMILES string of the molecule is O=[N+]([O-])c1ccc2[nH]c(Cc3ccc(Cl)cc3)cc2c1. The average Bonchev–Trinajstić information content (AvgIpc) is 2.82. The van der Waals surface area contributed by atoms with Gasteiger partial charge in [-0.05, 0) is 29.8 Å². The van der Waals surface area contributed by atoms with Crippen LogP contribution in [0.5, 0.6) is 0 Å². The van der Waals surface area contributed by atoms with Crippen molar-refractivity contribution >= 4 is 28.2 Å². The number of nitro groups is 1. The number of rotatable bonds is 3. The smallest absolute Gasteiger partial charge is 0.270 e.